The molecule has 2 aromatic rings. The van der Waals surface area contributed by atoms with Gasteiger partial charge in [-0.3, -0.25) is 4.98 Å². The van der Waals surface area contributed by atoms with Gasteiger partial charge in [-0.25, -0.2) is 21.6 Å². The van der Waals surface area contributed by atoms with Crippen LogP contribution < -0.4 is 4.72 Å². The zero-order valence-electron chi connectivity index (χ0n) is 13.7. The molecule has 1 aromatic carbocycles. The Morgan fingerprint density at radius 1 is 1.08 bits per heavy atom. The van der Waals surface area contributed by atoms with Gasteiger partial charge in [-0.05, 0) is 48.7 Å². The number of nitrogens with one attached hydrogen (secondary N) is 1. The molecule has 0 unspecified atom stereocenters. The second-order valence-electron chi connectivity index (χ2n) is 5.69. The molecule has 1 heterocycles. The number of aryl methyl sites for hydroxylation is 2. The zero-order chi connectivity index (χ0) is 18.0. The molecule has 2 rings (SSSR count). The number of rotatable bonds is 6. The topological polar surface area (TPSA) is 93.2 Å². The van der Waals surface area contributed by atoms with Gasteiger partial charge in [0.1, 0.15) is 5.25 Å². The molecule has 8 heteroatoms. The van der Waals surface area contributed by atoms with Gasteiger partial charge >= 0.3 is 0 Å². The lowest BCUT2D eigenvalue weighted by Gasteiger charge is -2.18. The third-order valence-electron chi connectivity index (χ3n) is 3.77. The highest BCUT2D eigenvalue weighted by atomic mass is 32.2. The standard InChI is InChI=1S/C16H20N2O4S2/c1-12-6-7-15(9-13(12)2)24(21,22)16(11-18-23(3,19)20)14-5-4-8-17-10-14/h4-10,16,18H,11H2,1-3H3/t16-/m0/s1. The minimum Gasteiger partial charge on any atom is -0.264 e. The van der Waals surface area contributed by atoms with Crippen LogP contribution in [0.1, 0.15) is 21.9 Å². The Morgan fingerprint density at radius 2 is 1.79 bits per heavy atom. The fraction of sp³-hybridized carbons (Fsp3) is 0.312. The summed E-state index contributed by atoms with van der Waals surface area (Å²) >= 11 is 0. The van der Waals surface area contributed by atoms with Gasteiger partial charge in [0.05, 0.1) is 11.2 Å². The lowest BCUT2D eigenvalue weighted by Crippen LogP contribution is -2.31. The van der Waals surface area contributed by atoms with Crippen LogP contribution in [0.2, 0.25) is 0 Å². The van der Waals surface area contributed by atoms with Crippen molar-refractivity contribution in [2.75, 3.05) is 12.8 Å². The molecule has 0 radical (unpaired) electrons. The van der Waals surface area contributed by atoms with Gasteiger partial charge in [-0.15, -0.1) is 0 Å². The molecule has 0 bridgehead atoms. The summed E-state index contributed by atoms with van der Waals surface area (Å²) in [6, 6.07) is 8.14. The minimum absolute atomic E-state index is 0.162. The number of aromatic nitrogens is 1. The quantitative estimate of drug-likeness (QED) is 0.839. The first-order chi connectivity index (χ1) is 11.1. The molecule has 1 aromatic heterocycles. The largest absolute Gasteiger partial charge is 0.264 e. The fourth-order valence-corrected chi connectivity index (χ4v) is 4.56. The highest BCUT2D eigenvalue weighted by Gasteiger charge is 2.30. The average Bonchev–Trinajstić information content (AvgIpc) is 2.49. The number of pyridine rings is 1. The second kappa shape index (κ2) is 7.00. The summed E-state index contributed by atoms with van der Waals surface area (Å²) in [6.07, 6.45) is 3.97. The first-order valence-electron chi connectivity index (χ1n) is 7.27. The van der Waals surface area contributed by atoms with Crippen LogP contribution in [-0.2, 0) is 19.9 Å². The summed E-state index contributed by atoms with van der Waals surface area (Å²) < 4.78 is 51.2. The van der Waals surface area contributed by atoms with E-state index in [1.54, 1.807) is 30.3 Å². The molecular formula is C16H20N2O4S2. The Kier molecular flexibility index (Phi) is 5.42. The summed E-state index contributed by atoms with van der Waals surface area (Å²) in [4.78, 5) is 4.11. The highest BCUT2D eigenvalue weighted by molar-refractivity contribution is 7.92. The van der Waals surface area contributed by atoms with Crippen LogP contribution in [-0.4, -0.2) is 34.6 Å². The minimum atomic E-state index is -3.78. The molecule has 130 valence electrons. The number of hydrogen-bond donors (Lipinski definition) is 1. The predicted molar refractivity (Wildman–Crippen MR) is 92.9 cm³/mol. The summed E-state index contributed by atoms with van der Waals surface area (Å²) in [5.41, 5.74) is 2.28. The maximum absolute atomic E-state index is 13.1. The molecule has 0 spiro atoms. The van der Waals surface area contributed by atoms with Gasteiger partial charge in [-0.1, -0.05) is 12.1 Å². The van der Waals surface area contributed by atoms with Gasteiger partial charge in [0.15, 0.2) is 9.84 Å². The molecule has 0 saturated heterocycles. The Bertz CT molecular complexity index is 924. The van der Waals surface area contributed by atoms with Crippen molar-refractivity contribution in [3.63, 3.8) is 0 Å². The highest BCUT2D eigenvalue weighted by Crippen LogP contribution is 2.29. The van der Waals surface area contributed by atoms with Gasteiger partial charge < -0.3 is 0 Å². The molecule has 1 N–H and O–H groups in total. The number of benzene rings is 1. The summed E-state index contributed by atoms with van der Waals surface area (Å²) in [5.74, 6) is 0. The SMILES string of the molecule is Cc1ccc(S(=O)(=O)[C@@H](CNS(C)(=O)=O)c2cccnc2)cc1C. The summed E-state index contributed by atoms with van der Waals surface area (Å²) in [7, 11) is -7.30. The van der Waals surface area contributed by atoms with Crippen molar-refractivity contribution in [1.29, 1.82) is 0 Å². The van der Waals surface area contributed by atoms with Gasteiger partial charge in [-0.2, -0.15) is 0 Å². The first kappa shape index (κ1) is 18.6. The van der Waals surface area contributed by atoms with Crippen molar-refractivity contribution in [2.24, 2.45) is 0 Å². The van der Waals surface area contributed by atoms with Gasteiger partial charge in [0.2, 0.25) is 10.0 Å². The maximum atomic E-state index is 13.1. The Balaban J connectivity index is 2.50. The molecule has 0 saturated carbocycles. The number of sulfone groups is 1. The number of sulfonamides is 1. The van der Waals surface area contributed by atoms with Crippen molar-refractivity contribution in [3.05, 3.63) is 59.4 Å². The normalized spacial score (nSPS) is 13.6. The van der Waals surface area contributed by atoms with Crippen LogP contribution >= 0.6 is 0 Å². The van der Waals surface area contributed by atoms with E-state index in [2.05, 4.69) is 9.71 Å². The summed E-state index contributed by atoms with van der Waals surface area (Å²) in [6.45, 7) is 3.48. The van der Waals surface area contributed by atoms with E-state index in [1.165, 1.54) is 12.4 Å². The average molecular weight is 368 g/mol. The molecule has 0 aliphatic heterocycles. The van der Waals surface area contributed by atoms with Crippen molar-refractivity contribution in [1.82, 2.24) is 9.71 Å². The lowest BCUT2D eigenvalue weighted by atomic mass is 10.1. The van der Waals surface area contributed by atoms with Crippen LogP contribution in [0.15, 0.2) is 47.6 Å². The Hall–Kier alpha value is -1.77. The third kappa shape index (κ3) is 4.40. The molecule has 1 atom stereocenters. The van der Waals surface area contributed by atoms with Crippen LogP contribution in [0.5, 0.6) is 0 Å². The zero-order valence-corrected chi connectivity index (χ0v) is 15.4. The van der Waals surface area contributed by atoms with Crippen molar-refractivity contribution < 1.29 is 16.8 Å². The maximum Gasteiger partial charge on any atom is 0.208 e. The molecule has 6 nitrogen and oxygen atoms in total. The van der Waals surface area contributed by atoms with Gasteiger partial charge in [0.25, 0.3) is 0 Å². The fourth-order valence-electron chi connectivity index (χ4n) is 2.26. The molecule has 24 heavy (non-hydrogen) atoms. The molecule has 0 aliphatic carbocycles. The van der Waals surface area contributed by atoms with E-state index in [4.69, 9.17) is 0 Å². The Labute approximate surface area is 142 Å². The monoisotopic (exact) mass is 368 g/mol. The molecule has 0 aliphatic rings. The Morgan fingerprint density at radius 3 is 2.33 bits per heavy atom. The predicted octanol–water partition coefficient (Wildman–Crippen LogP) is 1.76. The van der Waals surface area contributed by atoms with Crippen molar-refractivity contribution >= 4 is 19.9 Å². The first-order valence-corrected chi connectivity index (χ1v) is 10.7. The van der Waals surface area contributed by atoms with E-state index in [0.29, 0.717) is 5.56 Å². The van der Waals surface area contributed by atoms with E-state index in [9.17, 15) is 16.8 Å². The van der Waals surface area contributed by atoms with E-state index in [0.717, 1.165) is 17.4 Å². The molecule has 0 fully saturated rings. The van der Waals surface area contributed by atoms with Crippen molar-refractivity contribution in [3.8, 4) is 0 Å². The number of nitrogens with zero attached hydrogens (tertiary/aromatic N) is 1. The second-order valence-corrected chi connectivity index (χ2v) is 9.65. The third-order valence-corrected chi connectivity index (χ3v) is 6.56. The molecular weight excluding hydrogens is 348 g/mol. The van der Waals surface area contributed by atoms with Crippen molar-refractivity contribution in [2.45, 2.75) is 24.0 Å². The van der Waals surface area contributed by atoms with E-state index in [1.807, 2.05) is 13.8 Å². The van der Waals surface area contributed by atoms with Gasteiger partial charge in [0, 0.05) is 18.9 Å². The van der Waals surface area contributed by atoms with Crippen LogP contribution in [0.3, 0.4) is 0 Å². The van der Waals surface area contributed by atoms with Crippen LogP contribution in [0.25, 0.3) is 0 Å². The molecule has 0 amide bonds. The summed E-state index contributed by atoms with van der Waals surface area (Å²) in [5, 5.41) is -1.05. The van der Waals surface area contributed by atoms with E-state index >= 15 is 0 Å². The van der Waals surface area contributed by atoms with Crippen LogP contribution in [0.4, 0.5) is 0 Å². The smallest absolute Gasteiger partial charge is 0.208 e. The van der Waals surface area contributed by atoms with E-state index < -0.39 is 25.1 Å². The van der Waals surface area contributed by atoms with Crippen LogP contribution in [0, 0.1) is 13.8 Å². The van der Waals surface area contributed by atoms with E-state index in [-0.39, 0.29) is 11.4 Å². The lowest BCUT2D eigenvalue weighted by molar-refractivity contribution is 0.571. The number of hydrogen-bond acceptors (Lipinski definition) is 5.